The number of hydrogen-bond donors (Lipinski definition) is 1. The minimum absolute atomic E-state index is 0.101. The second-order valence-electron chi connectivity index (χ2n) is 3.50. The third-order valence-electron chi connectivity index (χ3n) is 1.91. The minimum atomic E-state index is -2.75. The molecule has 0 amide bonds. The Morgan fingerprint density at radius 3 is 2.38 bits per heavy atom. The molecule has 5 heteroatoms. The normalized spacial score (nSPS) is 11.2. The Hall–Kier alpha value is -1.65. The summed E-state index contributed by atoms with van der Waals surface area (Å²) >= 11 is 0. The largest absolute Gasteiger partial charge is 0.493 e. The van der Waals surface area contributed by atoms with Crippen molar-refractivity contribution in [1.29, 1.82) is 0 Å². The van der Waals surface area contributed by atoms with E-state index in [1.165, 1.54) is 24.3 Å². The fourth-order valence-corrected chi connectivity index (χ4v) is 1.04. The van der Waals surface area contributed by atoms with Crippen molar-refractivity contribution >= 4 is 5.97 Å². The summed E-state index contributed by atoms with van der Waals surface area (Å²) in [6.45, 7) is 0.722. The van der Waals surface area contributed by atoms with Crippen molar-refractivity contribution in [2.45, 2.75) is 19.3 Å². The van der Waals surface area contributed by atoms with Crippen LogP contribution in [0.5, 0.6) is 5.75 Å². The average molecular weight is 230 g/mol. The minimum Gasteiger partial charge on any atom is -0.493 e. The van der Waals surface area contributed by atoms with Gasteiger partial charge in [-0.15, -0.1) is 0 Å². The molecule has 1 aromatic rings. The van der Waals surface area contributed by atoms with Gasteiger partial charge in [-0.2, -0.15) is 0 Å². The summed E-state index contributed by atoms with van der Waals surface area (Å²) in [4.78, 5) is 10.5. The zero-order valence-electron chi connectivity index (χ0n) is 8.74. The highest BCUT2D eigenvalue weighted by Crippen LogP contribution is 2.18. The predicted molar refractivity (Wildman–Crippen MR) is 54.1 cm³/mol. The van der Waals surface area contributed by atoms with E-state index in [4.69, 9.17) is 9.84 Å². The Balaban J connectivity index is 2.47. The number of carboxylic acids is 1. The first kappa shape index (κ1) is 12.4. The Kier molecular flexibility index (Phi) is 3.82. The number of alkyl halides is 2. The lowest BCUT2D eigenvalue weighted by Gasteiger charge is -2.11. The zero-order chi connectivity index (χ0) is 12.2. The number of rotatable bonds is 5. The molecule has 16 heavy (non-hydrogen) atoms. The molecule has 0 aliphatic heterocycles. The van der Waals surface area contributed by atoms with Crippen molar-refractivity contribution < 1.29 is 23.4 Å². The molecular formula is C11H12F2O3. The van der Waals surface area contributed by atoms with E-state index in [2.05, 4.69) is 0 Å². The van der Waals surface area contributed by atoms with Crippen LogP contribution in [0.1, 0.15) is 23.7 Å². The van der Waals surface area contributed by atoms with Crippen LogP contribution in [-0.2, 0) is 0 Å². The van der Waals surface area contributed by atoms with Crippen LogP contribution in [0.25, 0.3) is 0 Å². The van der Waals surface area contributed by atoms with Gasteiger partial charge in [0.05, 0.1) is 12.2 Å². The molecule has 0 spiro atoms. The number of benzene rings is 1. The third-order valence-corrected chi connectivity index (χ3v) is 1.91. The van der Waals surface area contributed by atoms with Crippen molar-refractivity contribution in [3.05, 3.63) is 29.8 Å². The Morgan fingerprint density at radius 2 is 1.94 bits per heavy atom. The smallest absolute Gasteiger partial charge is 0.335 e. The highest BCUT2D eigenvalue weighted by atomic mass is 19.3. The number of aromatic carboxylic acids is 1. The molecule has 0 aliphatic carbocycles. The second-order valence-corrected chi connectivity index (χ2v) is 3.50. The van der Waals surface area contributed by atoms with Crippen molar-refractivity contribution in [2.24, 2.45) is 0 Å². The monoisotopic (exact) mass is 230 g/mol. The van der Waals surface area contributed by atoms with Crippen LogP contribution in [0.3, 0.4) is 0 Å². The summed E-state index contributed by atoms with van der Waals surface area (Å²) in [7, 11) is 0. The van der Waals surface area contributed by atoms with Gasteiger partial charge in [-0.05, 0) is 31.2 Å². The topological polar surface area (TPSA) is 46.5 Å². The molecule has 0 unspecified atom stereocenters. The van der Waals surface area contributed by atoms with Gasteiger partial charge < -0.3 is 9.84 Å². The summed E-state index contributed by atoms with van der Waals surface area (Å²) < 4.78 is 29.9. The van der Waals surface area contributed by atoms with Gasteiger partial charge in [-0.3, -0.25) is 0 Å². The molecule has 0 saturated carbocycles. The lowest BCUT2D eigenvalue weighted by molar-refractivity contribution is 0.000860. The quantitative estimate of drug-likeness (QED) is 0.846. The van der Waals surface area contributed by atoms with Gasteiger partial charge in [0.1, 0.15) is 5.75 Å². The molecule has 0 saturated heterocycles. The van der Waals surface area contributed by atoms with Crippen LogP contribution in [0.15, 0.2) is 24.3 Å². The lowest BCUT2D eigenvalue weighted by Crippen LogP contribution is -2.14. The van der Waals surface area contributed by atoms with Crippen molar-refractivity contribution in [3.63, 3.8) is 0 Å². The van der Waals surface area contributed by atoms with Crippen molar-refractivity contribution in [2.75, 3.05) is 6.61 Å². The molecule has 0 radical (unpaired) electrons. The first-order valence-electron chi connectivity index (χ1n) is 4.72. The van der Waals surface area contributed by atoms with Crippen LogP contribution < -0.4 is 4.74 Å². The molecule has 0 fully saturated rings. The van der Waals surface area contributed by atoms with E-state index in [9.17, 15) is 13.6 Å². The molecule has 0 bridgehead atoms. The highest BCUT2D eigenvalue weighted by molar-refractivity contribution is 5.87. The maximum Gasteiger partial charge on any atom is 0.335 e. The van der Waals surface area contributed by atoms with Gasteiger partial charge >= 0.3 is 5.97 Å². The molecular weight excluding hydrogens is 218 g/mol. The number of carbonyl (C=O) groups is 1. The van der Waals surface area contributed by atoms with Crippen LogP contribution in [0, 0.1) is 0 Å². The molecule has 1 aromatic carbocycles. The van der Waals surface area contributed by atoms with Crippen LogP contribution in [0.4, 0.5) is 8.78 Å². The molecule has 0 aromatic heterocycles. The van der Waals surface area contributed by atoms with Gasteiger partial charge in [0.15, 0.2) is 0 Å². The molecule has 1 rings (SSSR count). The second kappa shape index (κ2) is 4.92. The van der Waals surface area contributed by atoms with E-state index in [0.717, 1.165) is 6.92 Å². The van der Waals surface area contributed by atoms with Gasteiger partial charge in [-0.25, -0.2) is 13.6 Å². The van der Waals surface area contributed by atoms with Crippen LogP contribution in [-0.4, -0.2) is 23.6 Å². The van der Waals surface area contributed by atoms with E-state index < -0.39 is 11.9 Å². The highest BCUT2D eigenvalue weighted by Gasteiger charge is 2.20. The summed E-state index contributed by atoms with van der Waals surface area (Å²) in [6, 6.07) is 5.61. The number of carboxylic acid groups (broad SMARTS) is 1. The van der Waals surface area contributed by atoms with E-state index in [-0.39, 0.29) is 18.6 Å². The van der Waals surface area contributed by atoms with Gasteiger partial charge in [0.25, 0.3) is 0 Å². The number of ether oxygens (including phenoxy) is 1. The lowest BCUT2D eigenvalue weighted by atomic mass is 10.2. The first-order chi connectivity index (χ1) is 7.38. The molecule has 0 heterocycles. The standard InChI is InChI=1S/C11H12F2O3/c1-11(12,13)6-7-16-9-4-2-8(3-5-9)10(14)15/h2-5H,6-7H2,1H3,(H,14,15). The van der Waals surface area contributed by atoms with Crippen molar-refractivity contribution in [1.82, 2.24) is 0 Å². The number of halogens is 2. The van der Waals surface area contributed by atoms with Crippen LogP contribution >= 0.6 is 0 Å². The van der Waals surface area contributed by atoms with E-state index >= 15 is 0 Å². The summed E-state index contributed by atoms with van der Waals surface area (Å²) in [6.07, 6.45) is -0.367. The average Bonchev–Trinajstić information content (AvgIpc) is 2.16. The van der Waals surface area contributed by atoms with Gasteiger partial charge in [-0.1, -0.05) is 0 Å². The fourth-order valence-electron chi connectivity index (χ4n) is 1.04. The molecule has 1 N–H and O–H groups in total. The number of hydrogen-bond acceptors (Lipinski definition) is 2. The SMILES string of the molecule is CC(F)(F)CCOc1ccc(C(=O)O)cc1. The van der Waals surface area contributed by atoms with Crippen molar-refractivity contribution in [3.8, 4) is 5.75 Å². The van der Waals surface area contributed by atoms with Gasteiger partial charge in [0.2, 0.25) is 5.92 Å². The fraction of sp³-hybridized carbons (Fsp3) is 0.364. The summed E-state index contributed by atoms with van der Waals surface area (Å²) in [5.41, 5.74) is 0.133. The summed E-state index contributed by atoms with van der Waals surface area (Å²) in [5.74, 6) is -3.40. The third kappa shape index (κ3) is 4.25. The maximum absolute atomic E-state index is 12.4. The molecule has 0 atom stereocenters. The van der Waals surface area contributed by atoms with Gasteiger partial charge in [0, 0.05) is 6.42 Å². The maximum atomic E-state index is 12.4. The van der Waals surface area contributed by atoms with E-state index in [0.29, 0.717) is 5.75 Å². The Labute approximate surface area is 91.7 Å². The molecule has 0 aliphatic rings. The van der Waals surface area contributed by atoms with Crippen LogP contribution in [0.2, 0.25) is 0 Å². The molecule has 88 valence electrons. The van der Waals surface area contributed by atoms with E-state index in [1.54, 1.807) is 0 Å². The molecule has 3 nitrogen and oxygen atoms in total. The zero-order valence-corrected chi connectivity index (χ0v) is 8.74. The predicted octanol–water partition coefficient (Wildman–Crippen LogP) is 2.81. The summed E-state index contributed by atoms with van der Waals surface area (Å²) in [5, 5.41) is 8.62. The van der Waals surface area contributed by atoms with E-state index in [1.807, 2.05) is 0 Å². The Bertz CT molecular complexity index is 354. The first-order valence-corrected chi connectivity index (χ1v) is 4.72. The Morgan fingerprint density at radius 1 is 1.38 bits per heavy atom.